The molecule has 3 aliphatic carbocycles. The summed E-state index contributed by atoms with van der Waals surface area (Å²) in [5.41, 5.74) is 4.43. The van der Waals surface area contributed by atoms with E-state index in [2.05, 4.69) is 51.2 Å². The van der Waals surface area contributed by atoms with Crippen LogP contribution in [0.4, 0.5) is 0 Å². The molecule has 1 aromatic heterocycles. The number of carbonyl (C=O) groups is 2. The first-order valence-corrected chi connectivity index (χ1v) is 14.5. The van der Waals surface area contributed by atoms with Gasteiger partial charge in [-0.3, -0.25) is 9.59 Å². The third kappa shape index (κ3) is 5.25. The highest BCUT2D eigenvalue weighted by Crippen LogP contribution is 2.50. The van der Waals surface area contributed by atoms with E-state index < -0.39 is 11.4 Å². The number of hydrogen-bond donors (Lipinski definition) is 2. The molecule has 1 aromatic carbocycles. The molecule has 1 amide bonds. The Bertz CT molecular complexity index is 1140. The Morgan fingerprint density at radius 3 is 2.36 bits per heavy atom. The van der Waals surface area contributed by atoms with Crippen LogP contribution in [0, 0.1) is 11.3 Å². The minimum absolute atomic E-state index is 0.0276. The van der Waals surface area contributed by atoms with Crippen molar-refractivity contribution in [1.82, 2.24) is 10.3 Å². The number of carboxylic acid groups (broad SMARTS) is 1. The summed E-state index contributed by atoms with van der Waals surface area (Å²) in [5.74, 6) is -0.450. The zero-order chi connectivity index (χ0) is 25.7. The zero-order valence-corrected chi connectivity index (χ0v) is 23.0. The van der Waals surface area contributed by atoms with E-state index in [9.17, 15) is 14.7 Å². The minimum atomic E-state index is -0.819. The normalized spacial score (nSPS) is 20.7. The molecule has 0 spiro atoms. The van der Waals surface area contributed by atoms with E-state index in [-0.39, 0.29) is 23.3 Å². The second kappa shape index (κ2) is 9.27. The van der Waals surface area contributed by atoms with E-state index in [1.54, 1.807) is 0 Å². The summed E-state index contributed by atoms with van der Waals surface area (Å²) in [5, 5.41) is 12.8. The molecule has 0 atom stereocenters. The lowest BCUT2D eigenvalue weighted by atomic mass is 9.82. The van der Waals surface area contributed by atoms with Crippen LogP contribution < -0.4 is 5.32 Å². The fraction of sp³-hybridized carbons (Fsp3) is 0.633. The molecule has 0 saturated heterocycles. The highest BCUT2D eigenvalue weighted by atomic mass is 32.1. The summed E-state index contributed by atoms with van der Waals surface area (Å²) in [4.78, 5) is 30.7. The molecule has 2 aromatic rings. The van der Waals surface area contributed by atoms with Gasteiger partial charge in [-0.2, -0.15) is 0 Å². The highest BCUT2D eigenvalue weighted by molar-refractivity contribution is 7.17. The monoisotopic (exact) mass is 508 g/mol. The molecule has 0 unspecified atom stereocenters. The van der Waals surface area contributed by atoms with Crippen molar-refractivity contribution < 1.29 is 14.7 Å². The Morgan fingerprint density at radius 1 is 1.08 bits per heavy atom. The standard InChI is InChI=1S/C30H40N2O3S/c1-28(2,3)21-15-20(16-22(17-21)29(4)10-11-29)24-23(14-19-8-6-5-7-9-19)32-26(36-24)25(33)31-18-30(12-13-30)27(34)35/h15-17,19H,5-14,18H2,1-4H3,(H,31,33)(H,34,35). The number of benzene rings is 1. The van der Waals surface area contributed by atoms with Crippen molar-refractivity contribution in [3.05, 3.63) is 40.0 Å². The van der Waals surface area contributed by atoms with Gasteiger partial charge in [0, 0.05) is 6.54 Å². The van der Waals surface area contributed by atoms with Gasteiger partial charge in [-0.05, 0) is 77.7 Å². The molecule has 3 fully saturated rings. The van der Waals surface area contributed by atoms with Crippen LogP contribution in [0.3, 0.4) is 0 Å². The maximum absolute atomic E-state index is 13.1. The van der Waals surface area contributed by atoms with Crippen molar-refractivity contribution in [2.75, 3.05) is 6.54 Å². The summed E-state index contributed by atoms with van der Waals surface area (Å²) in [6.45, 7) is 9.31. The number of aromatic nitrogens is 1. The van der Waals surface area contributed by atoms with Crippen LogP contribution >= 0.6 is 11.3 Å². The molecule has 3 saturated carbocycles. The number of nitrogens with one attached hydrogen (secondary N) is 1. The summed E-state index contributed by atoms with van der Waals surface area (Å²) in [6, 6.07) is 7.02. The Morgan fingerprint density at radius 2 is 1.78 bits per heavy atom. The van der Waals surface area contributed by atoms with Crippen LogP contribution in [0.1, 0.15) is 112 Å². The van der Waals surface area contributed by atoms with Gasteiger partial charge in [0.1, 0.15) is 0 Å². The van der Waals surface area contributed by atoms with E-state index in [0.717, 1.165) is 17.0 Å². The predicted molar refractivity (Wildman–Crippen MR) is 145 cm³/mol. The number of nitrogens with zero attached hydrogens (tertiary/aromatic N) is 1. The Hall–Kier alpha value is -2.21. The second-order valence-electron chi connectivity index (χ2n) is 12.9. The SMILES string of the molecule is CC(C)(C)c1cc(-c2sc(C(=O)NCC3(C(=O)O)CC3)nc2CC2CCCCC2)cc(C2(C)CC2)c1. The number of carboxylic acids is 1. The lowest BCUT2D eigenvalue weighted by Crippen LogP contribution is -2.34. The van der Waals surface area contributed by atoms with Crippen LogP contribution in [0.25, 0.3) is 10.4 Å². The lowest BCUT2D eigenvalue weighted by molar-refractivity contribution is -0.143. The van der Waals surface area contributed by atoms with Gasteiger partial charge >= 0.3 is 5.97 Å². The fourth-order valence-electron chi connectivity index (χ4n) is 5.44. The molecule has 36 heavy (non-hydrogen) atoms. The minimum Gasteiger partial charge on any atom is -0.481 e. The van der Waals surface area contributed by atoms with E-state index in [1.807, 2.05) is 0 Å². The van der Waals surface area contributed by atoms with Crippen molar-refractivity contribution in [3.63, 3.8) is 0 Å². The molecule has 5 rings (SSSR count). The van der Waals surface area contributed by atoms with Gasteiger partial charge < -0.3 is 10.4 Å². The van der Waals surface area contributed by atoms with Gasteiger partial charge in [0.15, 0.2) is 5.01 Å². The first-order valence-electron chi connectivity index (χ1n) is 13.7. The number of rotatable bonds is 8. The van der Waals surface area contributed by atoms with E-state index in [1.165, 1.54) is 73.0 Å². The number of carbonyl (C=O) groups excluding carboxylic acids is 1. The van der Waals surface area contributed by atoms with Gasteiger partial charge in [-0.1, -0.05) is 65.9 Å². The predicted octanol–water partition coefficient (Wildman–Crippen LogP) is 6.88. The van der Waals surface area contributed by atoms with Crippen LogP contribution in [0.15, 0.2) is 18.2 Å². The quantitative estimate of drug-likeness (QED) is 0.407. The van der Waals surface area contributed by atoms with Gasteiger partial charge in [-0.25, -0.2) is 4.98 Å². The summed E-state index contributed by atoms with van der Waals surface area (Å²) < 4.78 is 0. The van der Waals surface area contributed by atoms with Crippen molar-refractivity contribution in [3.8, 4) is 10.4 Å². The Labute approximate surface area is 219 Å². The maximum Gasteiger partial charge on any atom is 0.311 e. The van der Waals surface area contributed by atoms with Crippen LogP contribution in [0.2, 0.25) is 0 Å². The van der Waals surface area contributed by atoms with Crippen LogP contribution in [0.5, 0.6) is 0 Å². The van der Waals surface area contributed by atoms with Crippen molar-refractivity contribution in [1.29, 1.82) is 0 Å². The highest BCUT2D eigenvalue weighted by Gasteiger charge is 2.50. The van der Waals surface area contributed by atoms with Crippen LogP contribution in [-0.2, 0) is 22.0 Å². The molecule has 0 bridgehead atoms. The first kappa shape index (κ1) is 25.4. The molecule has 0 aliphatic heterocycles. The van der Waals surface area contributed by atoms with Gasteiger partial charge in [0.25, 0.3) is 5.91 Å². The lowest BCUT2D eigenvalue weighted by Gasteiger charge is -2.24. The number of amides is 1. The smallest absolute Gasteiger partial charge is 0.311 e. The number of aliphatic carboxylic acids is 1. The topological polar surface area (TPSA) is 79.3 Å². The Balaban J connectivity index is 1.50. The summed E-state index contributed by atoms with van der Waals surface area (Å²) in [7, 11) is 0. The molecule has 6 heteroatoms. The number of thiazole rings is 1. The van der Waals surface area contributed by atoms with E-state index >= 15 is 0 Å². The average molecular weight is 509 g/mol. The third-order valence-electron chi connectivity index (χ3n) is 8.75. The van der Waals surface area contributed by atoms with Gasteiger partial charge in [-0.15, -0.1) is 11.3 Å². The molecule has 1 heterocycles. The number of hydrogen-bond acceptors (Lipinski definition) is 4. The molecular weight excluding hydrogens is 468 g/mol. The molecule has 5 nitrogen and oxygen atoms in total. The fourth-order valence-corrected chi connectivity index (χ4v) is 6.43. The molecule has 194 valence electrons. The maximum atomic E-state index is 13.1. The van der Waals surface area contributed by atoms with E-state index in [4.69, 9.17) is 4.98 Å². The van der Waals surface area contributed by atoms with Gasteiger partial charge in [0.05, 0.1) is 16.0 Å². The van der Waals surface area contributed by atoms with Crippen molar-refractivity contribution in [2.24, 2.45) is 11.3 Å². The van der Waals surface area contributed by atoms with E-state index in [0.29, 0.717) is 23.8 Å². The zero-order valence-electron chi connectivity index (χ0n) is 22.2. The van der Waals surface area contributed by atoms with Gasteiger partial charge in [0.2, 0.25) is 0 Å². The van der Waals surface area contributed by atoms with Crippen molar-refractivity contribution >= 4 is 23.2 Å². The van der Waals surface area contributed by atoms with Crippen LogP contribution in [-0.4, -0.2) is 28.5 Å². The molecule has 3 aliphatic rings. The van der Waals surface area contributed by atoms with Crippen molar-refractivity contribution in [2.45, 2.75) is 103 Å². The average Bonchev–Trinajstić information content (AvgIpc) is 3.75. The molecular formula is C30H40N2O3S. The second-order valence-corrected chi connectivity index (χ2v) is 13.9. The molecule has 2 N–H and O–H groups in total. The summed E-state index contributed by atoms with van der Waals surface area (Å²) in [6.07, 6.45) is 10.9. The first-order chi connectivity index (χ1) is 17.0. The summed E-state index contributed by atoms with van der Waals surface area (Å²) >= 11 is 1.48. The molecule has 0 radical (unpaired) electrons. The third-order valence-corrected chi connectivity index (χ3v) is 9.90. The Kier molecular flexibility index (Phi) is 6.55. The largest absolute Gasteiger partial charge is 0.481 e.